The average Bonchev–Trinajstić information content (AvgIpc) is 3.43. The monoisotopic (exact) mass is 492 g/mol. The number of furan rings is 1. The van der Waals surface area contributed by atoms with Gasteiger partial charge in [-0.1, -0.05) is 37.5 Å². The summed E-state index contributed by atoms with van der Waals surface area (Å²) in [4.78, 5) is 19.1. The van der Waals surface area contributed by atoms with Gasteiger partial charge in [0, 0.05) is 32.4 Å². The highest BCUT2D eigenvalue weighted by Crippen LogP contribution is 2.36. The Kier molecular flexibility index (Phi) is 6.92. The lowest BCUT2D eigenvalue weighted by Gasteiger charge is -2.20. The van der Waals surface area contributed by atoms with E-state index in [1.54, 1.807) is 7.11 Å². The van der Waals surface area contributed by atoms with Crippen LogP contribution in [-0.4, -0.2) is 23.3 Å². The Hall–Kier alpha value is -2.77. The number of aryl methyl sites for hydroxylation is 1. The number of anilines is 1. The molecule has 1 aliphatic rings. The fraction of sp³-hybridized carbons (Fsp3) is 0.333. The van der Waals surface area contributed by atoms with Gasteiger partial charge in [0.2, 0.25) is 0 Å². The summed E-state index contributed by atoms with van der Waals surface area (Å²) in [5.74, 6) is 1.72. The molecular weight excluding hydrogens is 464 g/mol. The zero-order chi connectivity index (χ0) is 23.5. The Morgan fingerprint density at radius 1 is 1.15 bits per heavy atom. The molecule has 1 fully saturated rings. The maximum absolute atomic E-state index is 13.3. The molecule has 1 aliphatic carbocycles. The number of hydrogen-bond donors (Lipinski definition) is 1. The summed E-state index contributed by atoms with van der Waals surface area (Å²) in [5.41, 5.74) is 3.58. The summed E-state index contributed by atoms with van der Waals surface area (Å²) < 4.78 is 11.3. The third-order valence-electron chi connectivity index (χ3n) is 6.30. The van der Waals surface area contributed by atoms with Crippen molar-refractivity contribution in [2.45, 2.75) is 50.0 Å². The topological polar surface area (TPSA) is 64.4 Å². The summed E-state index contributed by atoms with van der Waals surface area (Å²) in [6.45, 7) is 2.01. The second-order valence-electron chi connectivity index (χ2n) is 8.58. The van der Waals surface area contributed by atoms with E-state index in [9.17, 15) is 4.79 Å². The lowest BCUT2D eigenvalue weighted by Crippen LogP contribution is -2.13. The van der Waals surface area contributed by atoms with Crippen molar-refractivity contribution in [1.82, 2.24) is 4.98 Å². The van der Waals surface area contributed by atoms with Crippen LogP contribution >= 0.6 is 23.1 Å². The maximum atomic E-state index is 13.3. The maximum Gasteiger partial charge on any atom is 0.293 e. The molecule has 0 spiro atoms. The first-order chi connectivity index (χ1) is 16.6. The van der Waals surface area contributed by atoms with Gasteiger partial charge in [0.25, 0.3) is 5.91 Å². The number of thiazole rings is 1. The van der Waals surface area contributed by atoms with Crippen LogP contribution < -0.4 is 10.1 Å². The second-order valence-corrected chi connectivity index (χ2v) is 11.1. The zero-order valence-electron chi connectivity index (χ0n) is 19.4. The van der Waals surface area contributed by atoms with Gasteiger partial charge >= 0.3 is 0 Å². The molecule has 4 aromatic rings. The summed E-state index contributed by atoms with van der Waals surface area (Å²) in [5, 5.41) is 5.24. The van der Waals surface area contributed by atoms with Crippen LogP contribution in [0.1, 0.15) is 53.1 Å². The Bertz CT molecular complexity index is 1290. The van der Waals surface area contributed by atoms with Crippen LogP contribution in [-0.2, 0) is 5.75 Å². The molecule has 2 aromatic heterocycles. The van der Waals surface area contributed by atoms with Gasteiger partial charge in [0.15, 0.2) is 10.9 Å². The number of aromatic nitrogens is 1. The van der Waals surface area contributed by atoms with E-state index in [1.165, 1.54) is 43.4 Å². The van der Waals surface area contributed by atoms with E-state index in [0.717, 1.165) is 44.2 Å². The number of thioether (sulfide) groups is 1. The van der Waals surface area contributed by atoms with Crippen LogP contribution in [0.15, 0.2) is 52.9 Å². The molecule has 5 nitrogen and oxygen atoms in total. The Morgan fingerprint density at radius 2 is 1.91 bits per heavy atom. The summed E-state index contributed by atoms with van der Waals surface area (Å²) in [6, 6.07) is 15.7. The minimum atomic E-state index is -0.245. The molecule has 176 valence electrons. The number of carbonyl (C=O) groups excluding carboxylic acids is 1. The van der Waals surface area contributed by atoms with Crippen LogP contribution in [0.5, 0.6) is 5.75 Å². The van der Waals surface area contributed by atoms with Crippen molar-refractivity contribution in [3.05, 3.63) is 64.7 Å². The van der Waals surface area contributed by atoms with E-state index in [1.807, 2.05) is 67.2 Å². The molecule has 2 heterocycles. The van der Waals surface area contributed by atoms with Crippen LogP contribution in [0.4, 0.5) is 5.13 Å². The lowest BCUT2D eigenvalue weighted by molar-refractivity contribution is 0.0998. The highest BCUT2D eigenvalue weighted by molar-refractivity contribution is 7.99. The highest BCUT2D eigenvalue weighted by Gasteiger charge is 2.24. The Morgan fingerprint density at radius 3 is 2.68 bits per heavy atom. The third kappa shape index (κ3) is 4.86. The quantitative estimate of drug-likeness (QED) is 0.286. The van der Waals surface area contributed by atoms with Crippen molar-refractivity contribution >= 4 is 45.1 Å². The van der Waals surface area contributed by atoms with Crippen molar-refractivity contribution < 1.29 is 13.9 Å². The molecular formula is C27H28N2O3S2. The predicted octanol–water partition coefficient (Wildman–Crippen LogP) is 7.69. The van der Waals surface area contributed by atoms with Crippen LogP contribution in [0, 0.1) is 6.92 Å². The van der Waals surface area contributed by atoms with Crippen molar-refractivity contribution in [2.75, 3.05) is 12.4 Å². The number of nitrogens with one attached hydrogen (secondary N) is 1. The van der Waals surface area contributed by atoms with Crippen molar-refractivity contribution in [1.29, 1.82) is 0 Å². The average molecular weight is 493 g/mol. The van der Waals surface area contributed by atoms with E-state index < -0.39 is 0 Å². The molecule has 1 N–H and O–H groups in total. The molecule has 34 heavy (non-hydrogen) atoms. The van der Waals surface area contributed by atoms with Crippen LogP contribution in [0.3, 0.4) is 0 Å². The predicted molar refractivity (Wildman–Crippen MR) is 141 cm³/mol. The van der Waals surface area contributed by atoms with E-state index in [0.29, 0.717) is 16.1 Å². The summed E-state index contributed by atoms with van der Waals surface area (Å²) >= 11 is 3.42. The lowest BCUT2D eigenvalue weighted by atomic mass is 10.0. The molecule has 0 aliphatic heterocycles. The molecule has 0 radical (unpaired) electrons. The van der Waals surface area contributed by atoms with Crippen molar-refractivity contribution in [3.63, 3.8) is 0 Å². The minimum absolute atomic E-state index is 0.245. The van der Waals surface area contributed by atoms with Gasteiger partial charge in [-0.05, 0) is 50.1 Å². The van der Waals surface area contributed by atoms with E-state index in [4.69, 9.17) is 14.1 Å². The number of ether oxygens (including phenoxy) is 1. The minimum Gasteiger partial charge on any atom is -0.497 e. The number of nitrogens with zero attached hydrogens (tertiary/aromatic N) is 1. The van der Waals surface area contributed by atoms with Crippen LogP contribution in [0.25, 0.3) is 22.2 Å². The Balaban J connectivity index is 1.38. The van der Waals surface area contributed by atoms with Crippen molar-refractivity contribution in [2.24, 2.45) is 0 Å². The largest absolute Gasteiger partial charge is 0.497 e. The van der Waals surface area contributed by atoms with Gasteiger partial charge in [0.1, 0.15) is 11.3 Å². The molecule has 0 unspecified atom stereocenters. The molecule has 5 rings (SSSR count). The van der Waals surface area contributed by atoms with Gasteiger partial charge in [-0.25, -0.2) is 4.98 Å². The normalized spacial score (nSPS) is 14.4. The van der Waals surface area contributed by atoms with E-state index in [-0.39, 0.29) is 5.91 Å². The van der Waals surface area contributed by atoms with Gasteiger partial charge in [-0.3, -0.25) is 10.1 Å². The second kappa shape index (κ2) is 10.2. The summed E-state index contributed by atoms with van der Waals surface area (Å²) in [6.07, 6.45) is 6.46. The Labute approximate surface area is 207 Å². The number of hydrogen-bond acceptors (Lipinski definition) is 6. The molecule has 1 amide bonds. The molecule has 7 heteroatoms. The van der Waals surface area contributed by atoms with E-state index in [2.05, 4.69) is 5.32 Å². The van der Waals surface area contributed by atoms with Gasteiger partial charge < -0.3 is 9.15 Å². The number of methoxy groups -OCH3 is 1. The SMILES string of the molecule is COc1ccc(-c2nc(NC(=O)c3oc4ccccc4c3CSC3CCCCC3)sc2C)cc1. The van der Waals surface area contributed by atoms with Gasteiger partial charge in [-0.2, -0.15) is 11.8 Å². The standard InChI is InChI=1S/C27H28N2O3S2/c1-17-24(18-12-14-19(31-2)15-13-18)28-27(34-17)29-26(30)25-22(16-33-20-8-4-3-5-9-20)21-10-6-7-11-23(21)32-25/h6-7,10-15,20H,3-5,8-9,16H2,1-2H3,(H,28,29,30). The molecule has 0 saturated heterocycles. The van der Waals surface area contributed by atoms with Gasteiger partial charge in [-0.15, -0.1) is 11.3 Å². The number of rotatable bonds is 7. The molecule has 0 atom stereocenters. The number of benzene rings is 2. The fourth-order valence-electron chi connectivity index (χ4n) is 4.48. The van der Waals surface area contributed by atoms with Crippen molar-refractivity contribution in [3.8, 4) is 17.0 Å². The zero-order valence-corrected chi connectivity index (χ0v) is 21.1. The number of fused-ring (bicyclic) bond motifs is 1. The van der Waals surface area contributed by atoms with Crippen LogP contribution in [0.2, 0.25) is 0 Å². The molecule has 0 bridgehead atoms. The van der Waals surface area contributed by atoms with Gasteiger partial charge in [0.05, 0.1) is 12.8 Å². The smallest absolute Gasteiger partial charge is 0.293 e. The number of carbonyl (C=O) groups is 1. The number of amides is 1. The molecule has 1 saturated carbocycles. The fourth-order valence-corrected chi connectivity index (χ4v) is 6.67. The summed E-state index contributed by atoms with van der Waals surface area (Å²) in [7, 11) is 1.65. The first kappa shape index (κ1) is 23.0. The first-order valence-corrected chi connectivity index (χ1v) is 13.5. The molecule has 2 aromatic carbocycles. The first-order valence-electron chi connectivity index (χ1n) is 11.7. The highest BCUT2D eigenvalue weighted by atomic mass is 32.2. The number of para-hydroxylation sites is 1. The van der Waals surface area contributed by atoms with E-state index >= 15 is 0 Å². The third-order valence-corrected chi connectivity index (χ3v) is 8.58.